The Morgan fingerprint density at radius 3 is 2.67 bits per heavy atom. The average Bonchev–Trinajstić information content (AvgIpc) is 2.42. The Balaban J connectivity index is 2.86. The van der Waals surface area contributed by atoms with E-state index in [0.717, 1.165) is 12.8 Å². The van der Waals surface area contributed by atoms with E-state index >= 15 is 0 Å². The monoisotopic (exact) mass is 308 g/mol. The SMILES string of the molecule is Cc1ccc(C#CCN)cc1S(=O)(=O)NCCCC(C)C. The van der Waals surface area contributed by atoms with E-state index in [9.17, 15) is 8.42 Å². The van der Waals surface area contributed by atoms with Gasteiger partial charge in [-0.3, -0.25) is 0 Å². The average molecular weight is 308 g/mol. The van der Waals surface area contributed by atoms with Crippen molar-refractivity contribution in [1.29, 1.82) is 0 Å². The molecular formula is C16H24N2O2S. The van der Waals surface area contributed by atoms with Crippen molar-refractivity contribution in [3.63, 3.8) is 0 Å². The van der Waals surface area contributed by atoms with Crippen molar-refractivity contribution in [2.75, 3.05) is 13.1 Å². The predicted molar refractivity (Wildman–Crippen MR) is 86.4 cm³/mol. The fourth-order valence-corrected chi connectivity index (χ4v) is 3.26. The quantitative estimate of drug-likeness (QED) is 0.624. The highest BCUT2D eigenvalue weighted by molar-refractivity contribution is 7.89. The molecule has 1 aromatic carbocycles. The number of hydrogen-bond donors (Lipinski definition) is 2. The van der Waals surface area contributed by atoms with Gasteiger partial charge in [0.05, 0.1) is 11.4 Å². The van der Waals surface area contributed by atoms with Crippen LogP contribution in [-0.2, 0) is 10.0 Å². The van der Waals surface area contributed by atoms with Gasteiger partial charge in [-0.15, -0.1) is 0 Å². The molecule has 0 atom stereocenters. The lowest BCUT2D eigenvalue weighted by Gasteiger charge is -2.10. The number of nitrogens with two attached hydrogens (primary N) is 1. The zero-order valence-corrected chi connectivity index (χ0v) is 13.8. The van der Waals surface area contributed by atoms with Gasteiger partial charge in [0, 0.05) is 12.1 Å². The van der Waals surface area contributed by atoms with Crippen molar-refractivity contribution >= 4 is 10.0 Å². The molecule has 0 aliphatic carbocycles. The maximum Gasteiger partial charge on any atom is 0.240 e. The van der Waals surface area contributed by atoms with Crippen LogP contribution >= 0.6 is 0 Å². The van der Waals surface area contributed by atoms with Crippen molar-refractivity contribution < 1.29 is 8.42 Å². The maximum atomic E-state index is 12.3. The first kappa shape index (κ1) is 17.7. The third-order valence-corrected chi connectivity index (χ3v) is 4.67. The van der Waals surface area contributed by atoms with Crippen LogP contribution in [0.5, 0.6) is 0 Å². The van der Waals surface area contributed by atoms with Crippen LogP contribution in [0.4, 0.5) is 0 Å². The number of benzene rings is 1. The highest BCUT2D eigenvalue weighted by Gasteiger charge is 2.16. The van der Waals surface area contributed by atoms with Crippen molar-refractivity contribution in [1.82, 2.24) is 4.72 Å². The summed E-state index contributed by atoms with van der Waals surface area (Å²) >= 11 is 0. The van der Waals surface area contributed by atoms with E-state index in [2.05, 4.69) is 30.4 Å². The zero-order valence-electron chi connectivity index (χ0n) is 12.9. The molecule has 1 aromatic rings. The lowest BCUT2D eigenvalue weighted by atomic mass is 10.1. The second-order valence-corrected chi connectivity index (χ2v) is 7.16. The minimum Gasteiger partial charge on any atom is -0.320 e. The Bertz CT molecular complexity index is 625. The standard InChI is InChI=1S/C16H24N2O2S/c1-13(2)6-5-11-18-21(19,20)16-12-15(7-4-10-17)9-8-14(16)3/h8-9,12-13,18H,5-6,10-11,17H2,1-3H3. The Morgan fingerprint density at radius 1 is 1.33 bits per heavy atom. The minimum atomic E-state index is -3.49. The lowest BCUT2D eigenvalue weighted by Crippen LogP contribution is -2.25. The molecule has 5 heteroatoms. The van der Waals surface area contributed by atoms with Crippen LogP contribution in [0.3, 0.4) is 0 Å². The van der Waals surface area contributed by atoms with Gasteiger partial charge in [-0.25, -0.2) is 13.1 Å². The summed E-state index contributed by atoms with van der Waals surface area (Å²) in [5.41, 5.74) is 6.70. The van der Waals surface area contributed by atoms with Crippen molar-refractivity contribution in [3.8, 4) is 11.8 Å². The highest BCUT2D eigenvalue weighted by Crippen LogP contribution is 2.16. The second-order valence-electron chi connectivity index (χ2n) is 5.42. The number of nitrogens with one attached hydrogen (secondary N) is 1. The fourth-order valence-electron chi connectivity index (χ4n) is 1.92. The molecule has 1 rings (SSSR count). The number of aryl methyl sites for hydroxylation is 1. The Labute approximate surface area is 128 Å². The molecule has 0 heterocycles. The zero-order chi connectivity index (χ0) is 15.9. The van der Waals surface area contributed by atoms with Crippen molar-refractivity contribution in [3.05, 3.63) is 29.3 Å². The highest BCUT2D eigenvalue weighted by atomic mass is 32.2. The first-order chi connectivity index (χ1) is 9.86. The summed E-state index contributed by atoms with van der Waals surface area (Å²) in [6.45, 7) is 6.74. The molecule has 116 valence electrons. The van der Waals surface area contributed by atoms with Gasteiger partial charge in [0.15, 0.2) is 0 Å². The minimum absolute atomic E-state index is 0.253. The van der Waals surface area contributed by atoms with E-state index in [1.54, 1.807) is 25.1 Å². The van der Waals surface area contributed by atoms with Crippen molar-refractivity contribution in [2.24, 2.45) is 11.7 Å². The molecule has 0 spiro atoms. The summed E-state index contributed by atoms with van der Waals surface area (Å²) in [4.78, 5) is 0.288. The molecule has 0 radical (unpaired) electrons. The Kier molecular flexibility index (Phi) is 6.90. The molecule has 0 aliphatic heterocycles. The van der Waals surface area contributed by atoms with E-state index in [-0.39, 0.29) is 11.4 Å². The molecule has 0 saturated heterocycles. The van der Waals surface area contributed by atoms with Gasteiger partial charge in [-0.1, -0.05) is 31.8 Å². The molecule has 0 amide bonds. The number of sulfonamides is 1. The van der Waals surface area contributed by atoms with E-state index in [0.29, 0.717) is 23.6 Å². The van der Waals surface area contributed by atoms with Gasteiger partial charge in [-0.05, 0) is 43.4 Å². The van der Waals surface area contributed by atoms with E-state index in [1.807, 2.05) is 0 Å². The van der Waals surface area contributed by atoms with Crippen LogP contribution in [0.1, 0.15) is 37.8 Å². The summed E-state index contributed by atoms with van der Waals surface area (Å²) in [6, 6.07) is 5.17. The van der Waals surface area contributed by atoms with Crippen LogP contribution in [0.2, 0.25) is 0 Å². The summed E-state index contributed by atoms with van der Waals surface area (Å²) in [5.74, 6) is 6.16. The summed E-state index contributed by atoms with van der Waals surface area (Å²) in [5, 5.41) is 0. The number of hydrogen-bond acceptors (Lipinski definition) is 3. The molecule has 4 nitrogen and oxygen atoms in total. The smallest absolute Gasteiger partial charge is 0.240 e. The molecule has 0 saturated carbocycles. The van der Waals surface area contributed by atoms with Crippen LogP contribution in [0.25, 0.3) is 0 Å². The Hall–Kier alpha value is -1.35. The number of rotatable bonds is 6. The van der Waals surface area contributed by atoms with Gasteiger partial charge in [0.2, 0.25) is 10.0 Å². The normalized spacial score (nSPS) is 11.3. The molecule has 0 fully saturated rings. The van der Waals surface area contributed by atoms with Gasteiger partial charge in [0.1, 0.15) is 0 Å². The summed E-state index contributed by atoms with van der Waals surface area (Å²) < 4.78 is 27.3. The first-order valence-corrected chi connectivity index (χ1v) is 8.64. The third kappa shape index (κ3) is 5.88. The molecule has 3 N–H and O–H groups in total. The summed E-state index contributed by atoms with van der Waals surface area (Å²) in [6.07, 6.45) is 1.84. The van der Waals surface area contributed by atoms with Crippen LogP contribution < -0.4 is 10.5 Å². The molecule has 0 bridgehead atoms. The molecule has 0 aromatic heterocycles. The topological polar surface area (TPSA) is 72.2 Å². The molecule has 0 aliphatic rings. The molecular weight excluding hydrogens is 284 g/mol. The Morgan fingerprint density at radius 2 is 2.05 bits per heavy atom. The second kappa shape index (κ2) is 8.18. The van der Waals surface area contributed by atoms with E-state index in [4.69, 9.17) is 5.73 Å². The predicted octanol–water partition coefficient (Wildman–Crippen LogP) is 2.02. The lowest BCUT2D eigenvalue weighted by molar-refractivity contribution is 0.539. The van der Waals surface area contributed by atoms with Gasteiger partial charge < -0.3 is 5.73 Å². The third-order valence-electron chi connectivity index (χ3n) is 3.06. The van der Waals surface area contributed by atoms with Crippen LogP contribution in [0.15, 0.2) is 23.1 Å². The van der Waals surface area contributed by atoms with Gasteiger partial charge >= 0.3 is 0 Å². The summed E-state index contributed by atoms with van der Waals surface area (Å²) in [7, 11) is -3.49. The maximum absolute atomic E-state index is 12.3. The van der Waals surface area contributed by atoms with Crippen molar-refractivity contribution in [2.45, 2.75) is 38.5 Å². The van der Waals surface area contributed by atoms with Gasteiger partial charge in [0.25, 0.3) is 0 Å². The van der Waals surface area contributed by atoms with Crippen LogP contribution in [-0.4, -0.2) is 21.5 Å². The van der Waals surface area contributed by atoms with Gasteiger partial charge in [-0.2, -0.15) is 0 Å². The molecule has 0 unspecified atom stereocenters. The van der Waals surface area contributed by atoms with Crippen LogP contribution in [0, 0.1) is 24.7 Å². The first-order valence-electron chi connectivity index (χ1n) is 7.16. The fraction of sp³-hybridized carbons (Fsp3) is 0.500. The van der Waals surface area contributed by atoms with E-state index in [1.165, 1.54) is 0 Å². The molecule has 21 heavy (non-hydrogen) atoms. The largest absolute Gasteiger partial charge is 0.320 e. The van der Waals surface area contributed by atoms with E-state index < -0.39 is 10.0 Å².